The number of carbonyl (C=O) groups is 1. The first kappa shape index (κ1) is 16.6. The normalized spacial score (nSPS) is 14.2. The van der Waals surface area contributed by atoms with Gasteiger partial charge in [0.25, 0.3) is 0 Å². The molecular weight excluding hydrogens is 330 g/mol. The van der Waals surface area contributed by atoms with Crippen LogP contribution in [0.15, 0.2) is 78.9 Å². The predicted molar refractivity (Wildman–Crippen MR) is 97.9 cm³/mol. The fraction of sp³-hybridized carbons (Fsp3) is 0.174. The number of hydrogen-bond donors (Lipinski definition) is 0. The lowest BCUT2D eigenvalue weighted by Crippen LogP contribution is -2.37. The number of carbonyl (C=O) groups excluding carboxylic acids is 1. The molecule has 3 aromatic rings. The van der Waals surface area contributed by atoms with Crippen LogP contribution in [0, 0.1) is 0 Å². The fourth-order valence-electron chi connectivity index (χ4n) is 3.83. The van der Waals surface area contributed by atoms with E-state index in [-0.39, 0.29) is 5.56 Å². The summed E-state index contributed by atoms with van der Waals surface area (Å²) < 4.78 is 31.2. The summed E-state index contributed by atoms with van der Waals surface area (Å²) in [6.45, 7) is 0. The predicted octanol–water partition coefficient (Wildman–Crippen LogP) is 5.44. The Bertz CT molecular complexity index is 900. The summed E-state index contributed by atoms with van der Waals surface area (Å²) in [5.74, 6) is -5.93. The molecule has 26 heavy (non-hydrogen) atoms. The van der Waals surface area contributed by atoms with E-state index in [1.165, 1.54) is 12.1 Å². The lowest BCUT2D eigenvalue weighted by Gasteiger charge is -2.28. The van der Waals surface area contributed by atoms with Crippen LogP contribution in [0.1, 0.15) is 38.5 Å². The minimum absolute atomic E-state index is 0.0386. The van der Waals surface area contributed by atoms with E-state index < -0.39 is 17.6 Å². The first-order valence-corrected chi connectivity index (χ1v) is 8.72. The number of rotatable bonds is 3. The van der Waals surface area contributed by atoms with Gasteiger partial charge in [0.2, 0.25) is 5.78 Å². The van der Waals surface area contributed by atoms with Crippen molar-refractivity contribution in [3.63, 3.8) is 0 Å². The number of halogens is 2. The Labute approximate surface area is 151 Å². The molecule has 1 aliphatic rings. The smallest absolute Gasteiger partial charge is 0.287 e. The van der Waals surface area contributed by atoms with Crippen molar-refractivity contribution in [1.82, 2.24) is 0 Å². The number of ketones is 1. The summed E-state index contributed by atoms with van der Waals surface area (Å²) in [5, 5.41) is 0. The van der Waals surface area contributed by atoms with Gasteiger partial charge in [0.05, 0.1) is 5.92 Å². The van der Waals surface area contributed by atoms with E-state index in [4.69, 9.17) is 0 Å². The number of benzene rings is 3. The van der Waals surface area contributed by atoms with Gasteiger partial charge in [0, 0.05) is 5.56 Å². The second-order valence-electron chi connectivity index (χ2n) is 6.65. The van der Waals surface area contributed by atoms with E-state index in [9.17, 15) is 4.79 Å². The highest BCUT2D eigenvalue weighted by atomic mass is 19.3. The molecule has 1 nitrogen and oxygen atoms in total. The van der Waals surface area contributed by atoms with Crippen molar-refractivity contribution in [3.8, 4) is 0 Å². The second kappa shape index (κ2) is 6.49. The maximum atomic E-state index is 15.6. The van der Waals surface area contributed by atoms with Gasteiger partial charge in [-0.1, -0.05) is 78.9 Å². The van der Waals surface area contributed by atoms with Crippen molar-refractivity contribution in [2.45, 2.75) is 24.7 Å². The summed E-state index contributed by atoms with van der Waals surface area (Å²) >= 11 is 0. The molecule has 0 aromatic heterocycles. The van der Waals surface area contributed by atoms with Crippen LogP contribution in [0.3, 0.4) is 0 Å². The highest BCUT2D eigenvalue weighted by molar-refractivity contribution is 6.02. The van der Waals surface area contributed by atoms with Gasteiger partial charge in [-0.2, -0.15) is 8.78 Å². The molecule has 0 saturated heterocycles. The highest BCUT2D eigenvalue weighted by Gasteiger charge is 2.50. The van der Waals surface area contributed by atoms with Gasteiger partial charge in [-0.15, -0.1) is 0 Å². The molecule has 0 radical (unpaired) electrons. The zero-order valence-electron chi connectivity index (χ0n) is 14.2. The van der Waals surface area contributed by atoms with Crippen LogP contribution in [0.5, 0.6) is 0 Å². The molecule has 0 bridgehead atoms. The van der Waals surface area contributed by atoms with Crippen LogP contribution < -0.4 is 0 Å². The van der Waals surface area contributed by atoms with E-state index >= 15 is 8.78 Å². The summed E-state index contributed by atoms with van der Waals surface area (Å²) in [4.78, 5) is 12.7. The zero-order valence-corrected chi connectivity index (χ0v) is 14.2. The van der Waals surface area contributed by atoms with E-state index in [1.54, 1.807) is 42.5 Å². The number of hydrogen-bond acceptors (Lipinski definition) is 1. The molecule has 4 rings (SSSR count). The SMILES string of the molecule is O=C(c1ccccc1)C(F)(F)C1c2ccccc2CCc2ccccc21. The number of fused-ring (bicyclic) bond motifs is 2. The molecule has 0 spiro atoms. The Balaban J connectivity index is 1.90. The summed E-state index contributed by atoms with van der Waals surface area (Å²) in [5.41, 5.74) is 2.90. The van der Waals surface area contributed by atoms with Gasteiger partial charge in [0.1, 0.15) is 0 Å². The highest BCUT2D eigenvalue weighted by Crippen LogP contribution is 2.45. The molecule has 130 valence electrons. The van der Waals surface area contributed by atoms with Gasteiger partial charge >= 0.3 is 5.92 Å². The molecule has 0 heterocycles. The van der Waals surface area contributed by atoms with Crippen molar-refractivity contribution < 1.29 is 13.6 Å². The molecule has 0 atom stereocenters. The van der Waals surface area contributed by atoms with Crippen LogP contribution in [0.4, 0.5) is 8.78 Å². The largest absolute Gasteiger partial charge is 0.320 e. The van der Waals surface area contributed by atoms with E-state index in [2.05, 4.69) is 0 Å². The summed E-state index contributed by atoms with van der Waals surface area (Å²) in [6.07, 6.45) is 1.39. The van der Waals surface area contributed by atoms with Crippen molar-refractivity contribution in [1.29, 1.82) is 0 Å². The maximum Gasteiger partial charge on any atom is 0.320 e. The van der Waals surface area contributed by atoms with Crippen LogP contribution in [0.2, 0.25) is 0 Å². The standard InChI is InChI=1S/C23H18F2O/c24-23(25,22(26)18-10-2-1-3-11-18)21-19-12-6-4-8-16(19)14-15-17-9-5-7-13-20(17)21/h1-13,21H,14-15H2. The third-order valence-corrected chi connectivity index (χ3v) is 5.10. The molecule has 3 aromatic carbocycles. The lowest BCUT2D eigenvalue weighted by atomic mass is 9.80. The van der Waals surface area contributed by atoms with Gasteiger partial charge < -0.3 is 0 Å². The third-order valence-electron chi connectivity index (χ3n) is 5.10. The average molecular weight is 348 g/mol. The minimum Gasteiger partial charge on any atom is -0.287 e. The molecule has 0 aliphatic heterocycles. The van der Waals surface area contributed by atoms with Crippen LogP contribution in [-0.2, 0) is 12.8 Å². The first-order chi connectivity index (χ1) is 12.6. The quantitative estimate of drug-likeness (QED) is 0.576. The zero-order chi connectivity index (χ0) is 18.1. The Morgan fingerprint density at radius 3 is 1.73 bits per heavy atom. The number of alkyl halides is 2. The summed E-state index contributed by atoms with van der Waals surface area (Å²) in [7, 11) is 0. The fourth-order valence-corrected chi connectivity index (χ4v) is 3.83. The molecule has 1 aliphatic carbocycles. The summed E-state index contributed by atoms with van der Waals surface area (Å²) in [6, 6.07) is 22.3. The van der Waals surface area contributed by atoms with Crippen molar-refractivity contribution in [2.75, 3.05) is 0 Å². The molecule has 3 heteroatoms. The second-order valence-corrected chi connectivity index (χ2v) is 6.65. The van der Waals surface area contributed by atoms with Crippen molar-refractivity contribution >= 4 is 5.78 Å². The molecule has 0 fully saturated rings. The Hall–Kier alpha value is -2.81. The van der Waals surface area contributed by atoms with Crippen molar-refractivity contribution in [2.24, 2.45) is 0 Å². The Kier molecular flexibility index (Phi) is 4.15. The van der Waals surface area contributed by atoms with E-state index in [0.717, 1.165) is 11.1 Å². The Morgan fingerprint density at radius 1 is 0.731 bits per heavy atom. The topological polar surface area (TPSA) is 17.1 Å². The van der Waals surface area contributed by atoms with Gasteiger partial charge in [-0.25, -0.2) is 0 Å². The molecule has 0 N–H and O–H groups in total. The van der Waals surface area contributed by atoms with Crippen molar-refractivity contribution in [3.05, 3.63) is 107 Å². The van der Waals surface area contributed by atoms with Gasteiger partial charge in [-0.05, 0) is 35.1 Å². The number of aryl methyl sites for hydroxylation is 2. The van der Waals surface area contributed by atoms with Crippen LogP contribution in [0.25, 0.3) is 0 Å². The Morgan fingerprint density at radius 2 is 1.19 bits per heavy atom. The van der Waals surface area contributed by atoms with Crippen LogP contribution >= 0.6 is 0 Å². The molecule has 0 unspecified atom stereocenters. The monoisotopic (exact) mass is 348 g/mol. The number of Topliss-reactive ketones (excluding diaryl/α,β-unsaturated/α-hetero) is 1. The first-order valence-electron chi connectivity index (χ1n) is 8.72. The minimum atomic E-state index is -3.53. The van der Waals surface area contributed by atoms with E-state index in [0.29, 0.717) is 24.0 Å². The molecular formula is C23H18F2O. The third kappa shape index (κ3) is 2.74. The maximum absolute atomic E-state index is 15.6. The van der Waals surface area contributed by atoms with Crippen LogP contribution in [-0.4, -0.2) is 11.7 Å². The average Bonchev–Trinajstić information content (AvgIpc) is 2.85. The van der Waals surface area contributed by atoms with Gasteiger partial charge in [0.15, 0.2) is 0 Å². The molecule has 0 amide bonds. The molecule has 0 saturated carbocycles. The van der Waals surface area contributed by atoms with Gasteiger partial charge in [-0.3, -0.25) is 4.79 Å². The van der Waals surface area contributed by atoms with E-state index in [1.807, 2.05) is 24.3 Å². The lowest BCUT2D eigenvalue weighted by molar-refractivity contribution is -0.000404.